The van der Waals surface area contributed by atoms with Gasteiger partial charge in [-0.2, -0.15) is 0 Å². The fraction of sp³-hybridized carbons (Fsp3) is 0.333. The highest BCUT2D eigenvalue weighted by molar-refractivity contribution is 6.30. The van der Waals surface area contributed by atoms with Gasteiger partial charge in [0.15, 0.2) is 0 Å². The Hall–Kier alpha value is -1.62. The van der Waals surface area contributed by atoms with Gasteiger partial charge in [0.2, 0.25) is 0 Å². The molecule has 0 bridgehead atoms. The number of hydrogen-bond donors (Lipinski definition) is 2. The zero-order chi connectivity index (χ0) is 13.7. The molecule has 1 unspecified atom stereocenters. The Bertz CT molecular complexity index is 465. The van der Waals surface area contributed by atoms with E-state index in [1.807, 2.05) is 0 Å². The van der Waals surface area contributed by atoms with Crippen LogP contribution in [0.4, 0.5) is 4.39 Å². The van der Waals surface area contributed by atoms with Crippen LogP contribution >= 0.6 is 11.6 Å². The third-order valence-electron chi connectivity index (χ3n) is 2.53. The first-order chi connectivity index (χ1) is 8.45. The summed E-state index contributed by atoms with van der Waals surface area (Å²) in [7, 11) is 0. The molecule has 6 heteroatoms. The molecule has 0 radical (unpaired) electrons. The molecule has 0 saturated carbocycles. The Balaban J connectivity index is 2.68. The highest BCUT2D eigenvalue weighted by Gasteiger charge is 2.18. The van der Waals surface area contributed by atoms with Crippen LogP contribution < -0.4 is 5.32 Å². The van der Waals surface area contributed by atoms with E-state index in [9.17, 15) is 14.0 Å². The second-order valence-electron chi connectivity index (χ2n) is 3.78. The predicted octanol–water partition coefficient (Wildman–Crippen LogP) is 2.32. The molecule has 0 aliphatic carbocycles. The van der Waals surface area contributed by atoms with Crippen LogP contribution in [0.25, 0.3) is 0 Å². The molecule has 0 fully saturated rings. The van der Waals surface area contributed by atoms with E-state index < -0.39 is 23.6 Å². The summed E-state index contributed by atoms with van der Waals surface area (Å²) in [5.41, 5.74) is -0.153. The lowest BCUT2D eigenvalue weighted by Gasteiger charge is -2.11. The first kappa shape index (κ1) is 14.4. The van der Waals surface area contributed by atoms with Gasteiger partial charge in [-0.15, -0.1) is 0 Å². The second-order valence-corrected chi connectivity index (χ2v) is 4.21. The Morgan fingerprint density at radius 1 is 1.50 bits per heavy atom. The molecule has 1 atom stereocenters. The zero-order valence-electron chi connectivity index (χ0n) is 9.74. The van der Waals surface area contributed by atoms with Crippen molar-refractivity contribution in [3.05, 3.63) is 34.6 Å². The molecule has 1 amide bonds. The molecular formula is C12H13ClFNO3. The Labute approximate surface area is 109 Å². The third-order valence-corrected chi connectivity index (χ3v) is 2.76. The summed E-state index contributed by atoms with van der Waals surface area (Å²) in [5.74, 6) is -3.05. The molecule has 18 heavy (non-hydrogen) atoms. The van der Waals surface area contributed by atoms with E-state index in [2.05, 4.69) is 5.32 Å². The van der Waals surface area contributed by atoms with Gasteiger partial charge in [-0.1, -0.05) is 18.5 Å². The summed E-state index contributed by atoms with van der Waals surface area (Å²) in [6.45, 7) is 1.67. The van der Waals surface area contributed by atoms with Gasteiger partial charge in [-0.3, -0.25) is 9.59 Å². The van der Waals surface area contributed by atoms with E-state index >= 15 is 0 Å². The summed E-state index contributed by atoms with van der Waals surface area (Å²) < 4.78 is 13.4. The number of halogens is 2. The summed E-state index contributed by atoms with van der Waals surface area (Å²) in [6, 6.07) is 3.69. The first-order valence-electron chi connectivity index (χ1n) is 5.41. The smallest absolute Gasteiger partial charge is 0.308 e. The maximum Gasteiger partial charge on any atom is 0.308 e. The molecule has 0 aliphatic rings. The van der Waals surface area contributed by atoms with E-state index in [4.69, 9.17) is 16.7 Å². The van der Waals surface area contributed by atoms with E-state index in [1.54, 1.807) is 6.92 Å². The summed E-state index contributed by atoms with van der Waals surface area (Å²) in [6.07, 6.45) is 0.388. The van der Waals surface area contributed by atoms with Crippen molar-refractivity contribution < 1.29 is 19.1 Å². The molecule has 0 aliphatic heterocycles. The molecule has 4 nitrogen and oxygen atoms in total. The molecule has 1 aromatic rings. The van der Waals surface area contributed by atoms with Gasteiger partial charge in [0.1, 0.15) is 5.82 Å². The lowest BCUT2D eigenvalue weighted by atomic mass is 10.1. The average Bonchev–Trinajstić information content (AvgIpc) is 2.28. The molecular weight excluding hydrogens is 261 g/mol. The summed E-state index contributed by atoms with van der Waals surface area (Å²) in [4.78, 5) is 22.4. The average molecular weight is 274 g/mol. The van der Waals surface area contributed by atoms with Crippen molar-refractivity contribution >= 4 is 23.5 Å². The topological polar surface area (TPSA) is 66.4 Å². The number of nitrogens with one attached hydrogen (secondary N) is 1. The predicted molar refractivity (Wildman–Crippen MR) is 65.2 cm³/mol. The van der Waals surface area contributed by atoms with E-state index in [-0.39, 0.29) is 17.1 Å². The number of carbonyl (C=O) groups is 2. The maximum atomic E-state index is 13.4. The summed E-state index contributed by atoms with van der Waals surface area (Å²) in [5, 5.41) is 11.4. The zero-order valence-corrected chi connectivity index (χ0v) is 10.5. The molecule has 0 saturated heterocycles. The van der Waals surface area contributed by atoms with Gasteiger partial charge >= 0.3 is 5.97 Å². The van der Waals surface area contributed by atoms with Crippen molar-refractivity contribution in [3.63, 3.8) is 0 Å². The quantitative estimate of drug-likeness (QED) is 0.865. The second kappa shape index (κ2) is 6.35. The fourth-order valence-corrected chi connectivity index (χ4v) is 1.55. The highest BCUT2D eigenvalue weighted by atomic mass is 35.5. The van der Waals surface area contributed by atoms with Crippen molar-refractivity contribution in [1.29, 1.82) is 0 Å². The third kappa shape index (κ3) is 3.70. The van der Waals surface area contributed by atoms with Crippen LogP contribution in [0.15, 0.2) is 18.2 Å². The molecule has 0 heterocycles. The highest BCUT2D eigenvalue weighted by Crippen LogP contribution is 2.14. The molecule has 0 spiro atoms. The maximum absolute atomic E-state index is 13.4. The Morgan fingerprint density at radius 3 is 2.67 bits per heavy atom. The van der Waals surface area contributed by atoms with Crippen LogP contribution in [-0.4, -0.2) is 23.5 Å². The van der Waals surface area contributed by atoms with E-state index in [0.29, 0.717) is 6.42 Å². The Morgan fingerprint density at radius 2 is 2.17 bits per heavy atom. The lowest BCUT2D eigenvalue weighted by Crippen LogP contribution is -2.33. The number of amides is 1. The van der Waals surface area contributed by atoms with Crippen LogP contribution in [0, 0.1) is 11.7 Å². The normalized spacial score (nSPS) is 11.9. The van der Waals surface area contributed by atoms with E-state index in [1.165, 1.54) is 12.1 Å². The monoisotopic (exact) mass is 273 g/mol. The number of carboxylic acids is 1. The van der Waals surface area contributed by atoms with Crippen LogP contribution in [0.3, 0.4) is 0 Å². The van der Waals surface area contributed by atoms with Gasteiger partial charge < -0.3 is 10.4 Å². The van der Waals surface area contributed by atoms with Gasteiger partial charge in [0.25, 0.3) is 5.91 Å². The minimum absolute atomic E-state index is 0.0350. The van der Waals surface area contributed by atoms with Crippen LogP contribution in [0.1, 0.15) is 23.7 Å². The minimum Gasteiger partial charge on any atom is -0.481 e. The van der Waals surface area contributed by atoms with Gasteiger partial charge in [-0.25, -0.2) is 4.39 Å². The number of hydrogen-bond acceptors (Lipinski definition) is 2. The molecule has 1 aromatic carbocycles. The molecule has 1 rings (SSSR count). The van der Waals surface area contributed by atoms with Gasteiger partial charge in [0.05, 0.1) is 11.5 Å². The first-order valence-corrected chi connectivity index (χ1v) is 5.79. The van der Waals surface area contributed by atoms with Gasteiger partial charge in [0, 0.05) is 11.6 Å². The fourth-order valence-electron chi connectivity index (χ4n) is 1.39. The van der Waals surface area contributed by atoms with Crippen LogP contribution in [0.5, 0.6) is 0 Å². The van der Waals surface area contributed by atoms with Crippen molar-refractivity contribution in [2.75, 3.05) is 6.54 Å². The minimum atomic E-state index is -0.991. The molecule has 2 N–H and O–H groups in total. The van der Waals surface area contributed by atoms with Crippen molar-refractivity contribution in [2.24, 2.45) is 5.92 Å². The standard InChI is InChI=1S/C12H13ClFNO3/c1-2-7(12(17)18)6-15-11(16)9-4-3-8(13)5-10(9)14/h3-5,7H,2,6H2,1H3,(H,15,16)(H,17,18). The van der Waals surface area contributed by atoms with Gasteiger partial charge in [-0.05, 0) is 24.6 Å². The lowest BCUT2D eigenvalue weighted by molar-refractivity contribution is -0.141. The largest absolute Gasteiger partial charge is 0.481 e. The SMILES string of the molecule is CCC(CNC(=O)c1ccc(Cl)cc1F)C(=O)O. The number of benzene rings is 1. The Kier molecular flexibility index (Phi) is 5.09. The molecule has 98 valence electrons. The van der Waals surface area contributed by atoms with Crippen LogP contribution in [-0.2, 0) is 4.79 Å². The van der Waals surface area contributed by atoms with Crippen LogP contribution in [0.2, 0.25) is 5.02 Å². The van der Waals surface area contributed by atoms with Crippen molar-refractivity contribution in [2.45, 2.75) is 13.3 Å². The number of carbonyl (C=O) groups excluding carboxylic acids is 1. The number of rotatable bonds is 5. The summed E-state index contributed by atoms with van der Waals surface area (Å²) >= 11 is 5.56. The number of carboxylic acid groups (broad SMARTS) is 1. The van der Waals surface area contributed by atoms with E-state index in [0.717, 1.165) is 6.07 Å². The number of aliphatic carboxylic acids is 1. The molecule has 0 aromatic heterocycles. The van der Waals surface area contributed by atoms with Crippen molar-refractivity contribution in [1.82, 2.24) is 5.32 Å². The van der Waals surface area contributed by atoms with Crippen molar-refractivity contribution in [3.8, 4) is 0 Å².